The van der Waals surface area contributed by atoms with Crippen molar-refractivity contribution >= 4 is 11.7 Å². The van der Waals surface area contributed by atoms with Gasteiger partial charge in [0.15, 0.2) is 11.1 Å². The monoisotopic (exact) mass is 447 g/mol. The summed E-state index contributed by atoms with van der Waals surface area (Å²) in [5, 5.41) is 17.8. The number of fused-ring (bicyclic) bond motifs is 1. The van der Waals surface area contributed by atoms with E-state index in [-0.39, 0.29) is 24.2 Å². The van der Waals surface area contributed by atoms with Crippen LogP contribution in [-0.4, -0.2) is 48.9 Å². The highest BCUT2D eigenvalue weighted by Gasteiger charge is 2.20. The number of nitrogens with zero attached hydrogens (tertiary/aromatic N) is 5. The summed E-state index contributed by atoms with van der Waals surface area (Å²) in [4.78, 5) is 36.1. The summed E-state index contributed by atoms with van der Waals surface area (Å²) in [5.41, 5.74) is 2.46. The lowest BCUT2D eigenvalue weighted by Gasteiger charge is -2.08. The van der Waals surface area contributed by atoms with E-state index in [0.717, 1.165) is 18.4 Å². The van der Waals surface area contributed by atoms with E-state index < -0.39 is 5.69 Å². The van der Waals surface area contributed by atoms with Crippen LogP contribution in [0, 0.1) is 4.91 Å². The number of H-pyrrole nitrogens is 2. The van der Waals surface area contributed by atoms with Gasteiger partial charge in [0, 0.05) is 23.3 Å². The maximum Gasteiger partial charge on any atom is 0.326 e. The molecule has 0 atom stereocenters. The van der Waals surface area contributed by atoms with Gasteiger partial charge in [0.05, 0.1) is 31.1 Å². The Morgan fingerprint density at radius 1 is 1.27 bits per heavy atom. The summed E-state index contributed by atoms with van der Waals surface area (Å²) in [6.07, 6.45) is 5.84. The summed E-state index contributed by atoms with van der Waals surface area (Å²) in [7, 11) is 0. The molecule has 0 amide bonds. The highest BCUT2D eigenvalue weighted by molar-refractivity contribution is 5.64. The van der Waals surface area contributed by atoms with Gasteiger partial charge in [-0.25, -0.2) is 9.78 Å². The number of benzene rings is 1. The summed E-state index contributed by atoms with van der Waals surface area (Å²) in [5.74, 6) is 0.406. The molecule has 4 aromatic rings. The van der Waals surface area contributed by atoms with Gasteiger partial charge < -0.3 is 14.8 Å². The second-order valence-corrected chi connectivity index (χ2v) is 7.76. The molecular weight excluding hydrogens is 426 g/mol. The minimum absolute atomic E-state index is 0.215. The van der Waals surface area contributed by atoms with Crippen LogP contribution < -0.4 is 21.1 Å². The van der Waals surface area contributed by atoms with Crippen LogP contribution >= 0.6 is 0 Å². The molecule has 0 radical (unpaired) electrons. The zero-order chi connectivity index (χ0) is 22.8. The van der Waals surface area contributed by atoms with Gasteiger partial charge in [-0.3, -0.25) is 9.98 Å². The molecule has 0 aliphatic heterocycles. The number of nitrogens with one attached hydrogen (secondary N) is 2. The molecule has 1 aromatic carbocycles. The third-order valence-electron chi connectivity index (χ3n) is 5.17. The Labute approximate surface area is 186 Å². The quantitative estimate of drug-likeness (QED) is 0.273. The molecule has 3 heterocycles. The van der Waals surface area contributed by atoms with Crippen molar-refractivity contribution in [2.75, 3.05) is 13.2 Å². The number of aromatic nitrogens is 5. The third-order valence-corrected chi connectivity index (χ3v) is 5.17. The Balaban J connectivity index is 1.61. The van der Waals surface area contributed by atoms with Crippen LogP contribution in [0.3, 0.4) is 0 Å². The minimum atomic E-state index is -0.506. The van der Waals surface area contributed by atoms with E-state index >= 15 is 0 Å². The molecule has 0 spiro atoms. The first-order valence-electron chi connectivity index (χ1n) is 10.6. The lowest BCUT2D eigenvalue weighted by atomic mass is 10.1. The molecule has 0 unspecified atom stereocenters. The molecule has 5 rings (SSSR count). The smallest absolute Gasteiger partial charge is 0.326 e. The van der Waals surface area contributed by atoms with E-state index in [9.17, 15) is 14.8 Å². The number of aromatic hydroxyl groups is 1. The van der Waals surface area contributed by atoms with Crippen molar-refractivity contribution in [3.63, 3.8) is 0 Å². The van der Waals surface area contributed by atoms with Crippen molar-refractivity contribution in [3.05, 3.63) is 68.3 Å². The standard InChI is InChI=1S/C22H21N7O4/c30-21-18(27-22(31)28-21)10-14-12-23-29-19(25-15-5-6-15)11-17(26-20(14)29)13-3-1-4-16(9-13)33-8-2-7-24-32/h1,3-4,9-12,15,30H,2,5-8H2,(H2,27,28,31). The number of aromatic amines is 2. The number of ether oxygens (including phenoxy) is 1. The normalized spacial score (nSPS) is 14.8. The molecule has 1 aliphatic rings. The summed E-state index contributed by atoms with van der Waals surface area (Å²) >= 11 is 0. The lowest BCUT2D eigenvalue weighted by Crippen LogP contribution is -2.19. The molecule has 33 heavy (non-hydrogen) atoms. The van der Waals surface area contributed by atoms with Gasteiger partial charge in [-0.05, 0) is 31.1 Å². The molecule has 1 saturated carbocycles. The maximum atomic E-state index is 11.5. The van der Waals surface area contributed by atoms with E-state index in [1.807, 2.05) is 30.3 Å². The zero-order valence-corrected chi connectivity index (χ0v) is 17.6. The van der Waals surface area contributed by atoms with Crippen molar-refractivity contribution in [1.82, 2.24) is 24.6 Å². The fourth-order valence-electron chi connectivity index (χ4n) is 3.41. The van der Waals surface area contributed by atoms with Crippen LogP contribution in [0.15, 0.2) is 51.5 Å². The fraction of sp³-hybridized carbons (Fsp3) is 0.273. The first-order valence-corrected chi connectivity index (χ1v) is 10.6. The second-order valence-electron chi connectivity index (χ2n) is 7.76. The highest BCUT2D eigenvalue weighted by Crippen LogP contribution is 2.24. The topological polar surface area (TPSA) is 150 Å². The molecule has 11 heteroatoms. The SMILES string of the molecule is O=NCCCOc1cccc(-c2cc(=NC3CC3)n3ncc(=Cc4[nH]c(=O)[nH]c4O)c3n2)c1. The van der Waals surface area contributed by atoms with Gasteiger partial charge in [-0.2, -0.15) is 14.5 Å². The number of imidazole rings is 1. The van der Waals surface area contributed by atoms with Gasteiger partial charge in [0.25, 0.3) is 0 Å². The molecule has 1 aliphatic carbocycles. The number of nitroso groups, excluding NO2 is 1. The van der Waals surface area contributed by atoms with Crippen LogP contribution in [0.1, 0.15) is 25.0 Å². The molecule has 0 bridgehead atoms. The Hall–Kier alpha value is -4.28. The average Bonchev–Trinajstić information content (AvgIpc) is 3.45. The largest absolute Gasteiger partial charge is 0.494 e. The van der Waals surface area contributed by atoms with Crippen LogP contribution in [0.2, 0.25) is 0 Å². The Morgan fingerprint density at radius 2 is 2.15 bits per heavy atom. The van der Waals surface area contributed by atoms with Gasteiger partial charge >= 0.3 is 5.69 Å². The fourth-order valence-corrected chi connectivity index (χ4v) is 3.41. The van der Waals surface area contributed by atoms with Crippen molar-refractivity contribution in [1.29, 1.82) is 0 Å². The van der Waals surface area contributed by atoms with E-state index in [2.05, 4.69) is 20.2 Å². The van der Waals surface area contributed by atoms with E-state index in [4.69, 9.17) is 14.7 Å². The minimum Gasteiger partial charge on any atom is -0.494 e. The van der Waals surface area contributed by atoms with Crippen LogP contribution in [0.4, 0.5) is 0 Å². The predicted octanol–water partition coefficient (Wildman–Crippen LogP) is 1.26. The summed E-state index contributed by atoms with van der Waals surface area (Å²) < 4.78 is 7.38. The van der Waals surface area contributed by atoms with Gasteiger partial charge in [-0.1, -0.05) is 17.3 Å². The van der Waals surface area contributed by atoms with Crippen molar-refractivity contribution in [2.24, 2.45) is 10.2 Å². The number of rotatable bonds is 8. The Bertz CT molecular complexity index is 1500. The maximum absolute atomic E-state index is 11.5. The second kappa shape index (κ2) is 8.69. The van der Waals surface area contributed by atoms with Crippen molar-refractivity contribution in [3.8, 4) is 22.9 Å². The Morgan fingerprint density at radius 3 is 2.91 bits per heavy atom. The highest BCUT2D eigenvalue weighted by atomic mass is 16.5. The van der Waals surface area contributed by atoms with Gasteiger partial charge in [0.1, 0.15) is 11.4 Å². The van der Waals surface area contributed by atoms with E-state index in [1.54, 1.807) is 16.8 Å². The molecule has 168 valence electrons. The summed E-state index contributed by atoms with van der Waals surface area (Å²) in [6.45, 7) is 0.608. The average molecular weight is 447 g/mol. The first-order chi connectivity index (χ1) is 16.1. The lowest BCUT2D eigenvalue weighted by molar-refractivity contribution is 0.313. The molecule has 3 N–H and O–H groups in total. The van der Waals surface area contributed by atoms with Crippen molar-refractivity contribution < 1.29 is 9.84 Å². The molecule has 0 saturated heterocycles. The van der Waals surface area contributed by atoms with E-state index in [0.29, 0.717) is 40.8 Å². The molecule has 11 nitrogen and oxygen atoms in total. The van der Waals surface area contributed by atoms with E-state index in [1.165, 1.54) is 0 Å². The van der Waals surface area contributed by atoms with Gasteiger partial charge in [0.2, 0.25) is 5.88 Å². The van der Waals surface area contributed by atoms with Crippen LogP contribution in [0.25, 0.3) is 23.0 Å². The van der Waals surface area contributed by atoms with Crippen molar-refractivity contribution in [2.45, 2.75) is 25.3 Å². The first kappa shape index (κ1) is 20.6. The number of hydrogen-bond acceptors (Lipinski definition) is 8. The predicted molar refractivity (Wildman–Crippen MR) is 120 cm³/mol. The third kappa shape index (κ3) is 4.52. The van der Waals surface area contributed by atoms with Crippen LogP contribution in [-0.2, 0) is 0 Å². The molecule has 1 fully saturated rings. The Kier molecular flexibility index (Phi) is 5.43. The summed E-state index contributed by atoms with van der Waals surface area (Å²) in [6, 6.07) is 9.67. The number of hydrogen-bond donors (Lipinski definition) is 3. The van der Waals surface area contributed by atoms with Gasteiger partial charge in [-0.15, -0.1) is 0 Å². The molecular formula is C22H21N7O4. The molecule has 3 aromatic heterocycles. The zero-order valence-electron chi connectivity index (χ0n) is 17.6. The van der Waals surface area contributed by atoms with Crippen LogP contribution in [0.5, 0.6) is 11.6 Å².